The molecule has 36 heavy (non-hydrogen) atoms. The number of rotatable bonds is 10. The van der Waals surface area contributed by atoms with E-state index in [4.69, 9.17) is 18.9 Å². The first-order valence-electron chi connectivity index (χ1n) is 11.4. The van der Waals surface area contributed by atoms with Crippen LogP contribution in [0, 0.1) is 0 Å². The van der Waals surface area contributed by atoms with Crippen LogP contribution in [0.1, 0.15) is 17.5 Å². The van der Waals surface area contributed by atoms with Gasteiger partial charge in [-0.2, -0.15) is 0 Å². The molecule has 9 heteroatoms. The Bertz CT molecular complexity index is 1270. The predicted molar refractivity (Wildman–Crippen MR) is 136 cm³/mol. The average molecular weight is 507 g/mol. The third-order valence-corrected chi connectivity index (χ3v) is 6.16. The number of hydrogen-bond donors (Lipinski definition) is 0. The molecule has 4 rings (SSSR count). The van der Waals surface area contributed by atoms with E-state index in [1.54, 1.807) is 49.6 Å². The summed E-state index contributed by atoms with van der Waals surface area (Å²) >= 11 is 1.60. The van der Waals surface area contributed by atoms with Crippen LogP contribution in [-0.4, -0.2) is 42.2 Å². The summed E-state index contributed by atoms with van der Waals surface area (Å²) in [6, 6.07) is 21.9. The van der Waals surface area contributed by atoms with Crippen molar-refractivity contribution in [3.63, 3.8) is 0 Å². The van der Waals surface area contributed by atoms with Gasteiger partial charge in [0.1, 0.15) is 35.4 Å². The highest BCUT2D eigenvalue weighted by Crippen LogP contribution is 2.23. The molecule has 0 saturated carbocycles. The third-order valence-electron chi connectivity index (χ3n) is 5.15. The van der Waals surface area contributed by atoms with E-state index < -0.39 is 12.1 Å². The summed E-state index contributed by atoms with van der Waals surface area (Å²) in [5.41, 5.74) is 1.76. The number of benzene rings is 3. The van der Waals surface area contributed by atoms with E-state index in [2.05, 4.69) is 4.98 Å². The second kappa shape index (κ2) is 12.0. The second-order valence-electron chi connectivity index (χ2n) is 7.71. The number of nitrogens with zero attached hydrogens (tertiary/aromatic N) is 2. The number of carbonyl (C=O) groups is 2. The summed E-state index contributed by atoms with van der Waals surface area (Å²) in [5.74, 6) is 1.15. The molecular weight excluding hydrogens is 480 g/mol. The molecule has 0 aliphatic rings. The van der Waals surface area contributed by atoms with E-state index in [1.165, 1.54) is 4.90 Å². The van der Waals surface area contributed by atoms with Gasteiger partial charge in [0.25, 0.3) is 0 Å². The zero-order valence-electron chi connectivity index (χ0n) is 20.0. The summed E-state index contributed by atoms with van der Waals surface area (Å²) in [7, 11) is 1.55. The molecule has 0 saturated heterocycles. The Morgan fingerprint density at radius 2 is 1.61 bits per heavy atom. The Morgan fingerprint density at radius 1 is 0.917 bits per heavy atom. The molecule has 0 N–H and O–H groups in total. The maximum absolute atomic E-state index is 12.8. The van der Waals surface area contributed by atoms with Crippen molar-refractivity contribution in [1.82, 2.24) is 9.88 Å². The molecule has 8 nitrogen and oxygen atoms in total. The van der Waals surface area contributed by atoms with Gasteiger partial charge in [-0.3, -0.25) is 9.69 Å². The third kappa shape index (κ3) is 6.73. The van der Waals surface area contributed by atoms with Crippen LogP contribution in [0.25, 0.3) is 10.2 Å². The highest BCUT2D eigenvalue weighted by Gasteiger charge is 2.21. The Labute approximate surface area is 213 Å². The van der Waals surface area contributed by atoms with Crippen molar-refractivity contribution >= 4 is 33.6 Å². The summed E-state index contributed by atoms with van der Waals surface area (Å²) in [5, 5.41) is 0.891. The fourth-order valence-corrected chi connectivity index (χ4v) is 4.28. The maximum Gasteiger partial charge on any atom is 0.416 e. The van der Waals surface area contributed by atoms with E-state index in [0.29, 0.717) is 23.9 Å². The second-order valence-corrected chi connectivity index (χ2v) is 8.83. The SMILES string of the molecule is CCOC(=O)CN(Cc1ccc(OCc2nc3ccccc3s2)cc1)C(=O)Oc1ccc(OC)cc1. The molecule has 186 valence electrons. The lowest BCUT2D eigenvalue weighted by Crippen LogP contribution is -2.38. The van der Waals surface area contributed by atoms with E-state index in [0.717, 1.165) is 20.8 Å². The monoisotopic (exact) mass is 506 g/mol. The number of thiazole rings is 1. The van der Waals surface area contributed by atoms with Gasteiger partial charge in [-0.25, -0.2) is 9.78 Å². The topological polar surface area (TPSA) is 87.2 Å². The standard InChI is InChI=1S/C27H26N2O6S/c1-3-33-26(30)17-29(27(31)35-22-14-12-20(32-2)13-15-22)16-19-8-10-21(11-9-19)34-18-25-28-23-6-4-5-7-24(23)36-25/h4-15H,3,16-18H2,1-2H3. The number of esters is 1. The molecule has 1 amide bonds. The Morgan fingerprint density at radius 3 is 2.31 bits per heavy atom. The molecule has 0 spiro atoms. The number of amides is 1. The van der Waals surface area contributed by atoms with Crippen molar-refractivity contribution in [3.8, 4) is 17.2 Å². The van der Waals surface area contributed by atoms with E-state index in [-0.39, 0.29) is 19.7 Å². The van der Waals surface area contributed by atoms with Crippen LogP contribution >= 0.6 is 11.3 Å². The van der Waals surface area contributed by atoms with Crippen LogP contribution in [0.5, 0.6) is 17.2 Å². The molecule has 1 heterocycles. The molecule has 0 atom stereocenters. The van der Waals surface area contributed by atoms with Gasteiger partial charge in [-0.05, 0) is 61.0 Å². The lowest BCUT2D eigenvalue weighted by Gasteiger charge is -2.21. The molecule has 4 aromatic rings. The van der Waals surface area contributed by atoms with Crippen molar-refractivity contribution in [3.05, 3.63) is 83.4 Å². The van der Waals surface area contributed by atoms with E-state index in [9.17, 15) is 9.59 Å². The van der Waals surface area contributed by atoms with Crippen molar-refractivity contribution in [2.24, 2.45) is 0 Å². The maximum atomic E-state index is 12.8. The quantitative estimate of drug-likeness (QED) is 0.264. The summed E-state index contributed by atoms with van der Waals surface area (Å²) in [6.07, 6.45) is -0.663. The summed E-state index contributed by atoms with van der Waals surface area (Å²) < 4.78 is 22.6. The number of hydrogen-bond acceptors (Lipinski definition) is 8. The van der Waals surface area contributed by atoms with Crippen molar-refractivity contribution in [1.29, 1.82) is 0 Å². The van der Waals surface area contributed by atoms with Gasteiger partial charge in [-0.1, -0.05) is 24.3 Å². The molecule has 1 aromatic heterocycles. The first kappa shape index (κ1) is 25.0. The number of fused-ring (bicyclic) bond motifs is 1. The van der Waals surface area contributed by atoms with E-state index in [1.807, 2.05) is 48.5 Å². The molecule has 0 bridgehead atoms. The number of carbonyl (C=O) groups excluding carboxylic acids is 2. The predicted octanol–water partition coefficient (Wildman–Crippen LogP) is 5.45. The minimum Gasteiger partial charge on any atom is -0.497 e. The number of methoxy groups -OCH3 is 1. The first-order valence-corrected chi connectivity index (χ1v) is 12.2. The van der Waals surface area contributed by atoms with Gasteiger partial charge in [0.15, 0.2) is 0 Å². The van der Waals surface area contributed by atoms with Crippen LogP contribution in [-0.2, 0) is 22.7 Å². The van der Waals surface area contributed by atoms with Crippen LogP contribution in [0.15, 0.2) is 72.8 Å². The number of para-hydroxylation sites is 1. The molecule has 0 radical (unpaired) electrons. The fourth-order valence-electron chi connectivity index (χ4n) is 3.39. The van der Waals surface area contributed by atoms with Crippen molar-refractivity contribution in [2.45, 2.75) is 20.1 Å². The molecule has 0 aliphatic carbocycles. The van der Waals surface area contributed by atoms with Gasteiger partial charge < -0.3 is 18.9 Å². The van der Waals surface area contributed by atoms with Gasteiger partial charge in [0.05, 0.1) is 23.9 Å². The highest BCUT2D eigenvalue weighted by molar-refractivity contribution is 7.18. The smallest absolute Gasteiger partial charge is 0.416 e. The van der Waals surface area contributed by atoms with E-state index >= 15 is 0 Å². The Balaban J connectivity index is 1.39. The fraction of sp³-hybridized carbons (Fsp3) is 0.222. The largest absolute Gasteiger partial charge is 0.497 e. The molecule has 0 aliphatic heterocycles. The molecule has 3 aromatic carbocycles. The van der Waals surface area contributed by atoms with Crippen LogP contribution in [0.2, 0.25) is 0 Å². The number of aromatic nitrogens is 1. The molecule has 0 unspecified atom stereocenters. The highest BCUT2D eigenvalue weighted by atomic mass is 32.1. The lowest BCUT2D eigenvalue weighted by atomic mass is 10.2. The van der Waals surface area contributed by atoms with Crippen molar-refractivity contribution < 1.29 is 28.5 Å². The van der Waals surface area contributed by atoms with Crippen LogP contribution in [0.4, 0.5) is 4.79 Å². The van der Waals surface area contributed by atoms with Crippen LogP contribution < -0.4 is 14.2 Å². The molecular formula is C27H26N2O6S. The lowest BCUT2D eigenvalue weighted by molar-refractivity contribution is -0.144. The van der Waals surface area contributed by atoms with Crippen LogP contribution in [0.3, 0.4) is 0 Å². The van der Waals surface area contributed by atoms with Gasteiger partial charge in [0.2, 0.25) is 0 Å². The normalized spacial score (nSPS) is 10.6. The van der Waals surface area contributed by atoms with Gasteiger partial charge in [-0.15, -0.1) is 11.3 Å². The molecule has 0 fully saturated rings. The number of ether oxygens (including phenoxy) is 4. The Hall–Kier alpha value is -4.11. The summed E-state index contributed by atoms with van der Waals surface area (Å²) in [4.78, 5) is 30.8. The van der Waals surface area contributed by atoms with Crippen molar-refractivity contribution in [2.75, 3.05) is 20.3 Å². The Kier molecular flexibility index (Phi) is 8.36. The summed E-state index contributed by atoms with van der Waals surface area (Å²) in [6.45, 7) is 2.22. The van der Waals surface area contributed by atoms with Gasteiger partial charge >= 0.3 is 12.1 Å². The first-order chi connectivity index (χ1) is 17.5. The minimum atomic E-state index is -0.663. The minimum absolute atomic E-state index is 0.159. The zero-order chi connectivity index (χ0) is 25.3. The zero-order valence-corrected chi connectivity index (χ0v) is 20.8. The van der Waals surface area contributed by atoms with Gasteiger partial charge in [0, 0.05) is 6.54 Å². The average Bonchev–Trinajstić information content (AvgIpc) is 3.31.